The van der Waals surface area contributed by atoms with Crippen molar-refractivity contribution in [3.05, 3.63) is 114 Å². The fourth-order valence-electron chi connectivity index (χ4n) is 9.08. The number of anilines is 1. The fourth-order valence-corrected chi connectivity index (χ4v) is 9.08. The Labute approximate surface area is 406 Å². The number of nitrogens with zero attached hydrogens (tertiary/aromatic N) is 1. The van der Waals surface area contributed by atoms with Crippen LogP contribution in [0.25, 0.3) is 11.1 Å². The van der Waals surface area contributed by atoms with Crippen LogP contribution in [0, 0.1) is 11.7 Å². The van der Waals surface area contributed by atoms with Crippen molar-refractivity contribution < 1.29 is 113 Å². The molecule has 4 heterocycles. The highest BCUT2D eigenvalue weighted by atomic mass is 19.1. The lowest BCUT2D eigenvalue weighted by atomic mass is 9.77. The number of carboxylic acids is 3. The smallest absolute Gasteiger partial charge is 0.335 e. The predicted molar refractivity (Wildman–Crippen MR) is 236 cm³/mol. The molecule has 24 heteroatoms. The van der Waals surface area contributed by atoms with Gasteiger partial charge in [0, 0.05) is 11.3 Å². The van der Waals surface area contributed by atoms with E-state index in [0.29, 0.717) is 16.8 Å². The molecule has 0 unspecified atom stereocenters. The van der Waals surface area contributed by atoms with Crippen LogP contribution in [-0.4, -0.2) is 177 Å². The van der Waals surface area contributed by atoms with Crippen LogP contribution in [0.2, 0.25) is 0 Å². The maximum atomic E-state index is 14.4. The fraction of sp³-hybridized carbons (Fsp3) is 0.417. The van der Waals surface area contributed by atoms with E-state index in [9.17, 15) is 84.8 Å². The third kappa shape index (κ3) is 10.4. The first kappa shape index (κ1) is 52.1. The standard InChI is InChI=1S/C48H50FNO22/c49-22-12-9-19(10-13-22)27(68-47-37(58)31(52)34(55)40(71-47)44(63)64)16-15-26-29(50(42(26)60)23-6-2-1-3-7-23)25-14-11-21(18-28(25)69-48-38(59)32(53)35(56)41(72-48)45(65)66)20-5-4-8-24(17-20)67-46-36(57)30(51)33(54)39(70-46)43(61)62/h1-14,17-18,26-27,29-41,46-48,51-59H,15-16H2,(H,61,62)(H,63,64)(H,65,66)/t26-,27+,29-,30+,31+,32+,33+,34+,35+,36-,37-,38-,39+,40+,41+,46-,47-,48-/m1/s1. The number of carboxylic acid groups (broad SMARTS) is 3. The number of ether oxygens (including phenoxy) is 6. The number of para-hydroxylation sites is 1. The molecule has 0 saturated carbocycles. The Morgan fingerprint density at radius 3 is 1.64 bits per heavy atom. The highest BCUT2D eigenvalue weighted by Gasteiger charge is 2.53. The Balaban J connectivity index is 1.16. The topological polar surface area (TPSA) is 370 Å². The number of hydrogen-bond acceptors (Lipinski definition) is 19. The lowest BCUT2D eigenvalue weighted by Crippen LogP contribution is -2.61. The number of aliphatic hydroxyl groups excluding tert-OH is 9. The summed E-state index contributed by atoms with van der Waals surface area (Å²) in [6.45, 7) is 0. The highest BCUT2D eigenvalue weighted by Crippen LogP contribution is 2.50. The molecule has 4 aromatic rings. The van der Waals surface area contributed by atoms with Crippen molar-refractivity contribution in [1.82, 2.24) is 0 Å². The van der Waals surface area contributed by atoms with Crippen molar-refractivity contribution in [1.29, 1.82) is 0 Å². The second kappa shape index (κ2) is 21.5. The van der Waals surface area contributed by atoms with Gasteiger partial charge in [-0.25, -0.2) is 18.8 Å². The zero-order valence-corrected chi connectivity index (χ0v) is 37.3. The van der Waals surface area contributed by atoms with E-state index in [-0.39, 0.29) is 35.5 Å². The van der Waals surface area contributed by atoms with Gasteiger partial charge in [0.2, 0.25) is 18.5 Å². The van der Waals surface area contributed by atoms with Gasteiger partial charge in [0.25, 0.3) is 0 Å². The molecule has 4 saturated heterocycles. The Morgan fingerprint density at radius 1 is 0.569 bits per heavy atom. The number of β-lactam (4-membered cyclic amide) rings is 1. The number of amides is 1. The van der Waals surface area contributed by atoms with Gasteiger partial charge in [-0.1, -0.05) is 54.6 Å². The second-order valence-corrected chi connectivity index (χ2v) is 17.6. The molecule has 12 N–H and O–H groups in total. The summed E-state index contributed by atoms with van der Waals surface area (Å²) in [6.07, 6.45) is -31.2. The number of aliphatic hydroxyl groups is 9. The molecule has 0 radical (unpaired) electrons. The normalized spacial score (nSPS) is 34.1. The summed E-state index contributed by atoms with van der Waals surface area (Å²) in [5, 5.41) is 124. The first-order valence-electron chi connectivity index (χ1n) is 22.4. The molecular weight excluding hydrogens is 962 g/mol. The van der Waals surface area contributed by atoms with Gasteiger partial charge in [-0.15, -0.1) is 0 Å². The minimum Gasteiger partial charge on any atom is -0.479 e. The van der Waals surface area contributed by atoms with Crippen LogP contribution < -0.4 is 14.4 Å². The molecule has 0 bridgehead atoms. The quantitative estimate of drug-likeness (QED) is 0.0609. The molecule has 8 rings (SSSR count). The Morgan fingerprint density at radius 2 is 1.08 bits per heavy atom. The van der Waals surface area contributed by atoms with Crippen LogP contribution >= 0.6 is 0 Å². The van der Waals surface area contributed by atoms with Crippen LogP contribution in [0.3, 0.4) is 0 Å². The van der Waals surface area contributed by atoms with Crippen molar-refractivity contribution >= 4 is 29.5 Å². The van der Waals surface area contributed by atoms with E-state index in [0.717, 1.165) is 12.1 Å². The van der Waals surface area contributed by atoms with Gasteiger partial charge >= 0.3 is 17.9 Å². The monoisotopic (exact) mass is 1010 g/mol. The second-order valence-electron chi connectivity index (χ2n) is 17.6. The molecule has 386 valence electrons. The number of carbonyl (C=O) groups is 4. The van der Waals surface area contributed by atoms with Gasteiger partial charge in [0.15, 0.2) is 24.6 Å². The number of rotatable bonds is 16. The van der Waals surface area contributed by atoms with Crippen molar-refractivity contribution in [3.63, 3.8) is 0 Å². The van der Waals surface area contributed by atoms with Crippen LogP contribution in [0.15, 0.2) is 97.1 Å². The maximum absolute atomic E-state index is 14.4. The zero-order valence-electron chi connectivity index (χ0n) is 37.3. The summed E-state index contributed by atoms with van der Waals surface area (Å²) in [4.78, 5) is 51.7. The van der Waals surface area contributed by atoms with E-state index in [1.165, 1.54) is 47.4 Å². The summed E-state index contributed by atoms with van der Waals surface area (Å²) in [5.74, 6) is -7.28. The molecule has 4 aliphatic rings. The van der Waals surface area contributed by atoms with Gasteiger partial charge in [0.1, 0.15) is 72.3 Å². The average molecular weight is 1010 g/mol. The number of halogens is 1. The van der Waals surface area contributed by atoms with Crippen molar-refractivity contribution in [3.8, 4) is 22.6 Å². The lowest BCUT2D eigenvalue weighted by molar-refractivity contribution is -0.306. The molecule has 18 atom stereocenters. The number of hydrogen-bond donors (Lipinski definition) is 12. The first-order chi connectivity index (χ1) is 34.2. The summed E-state index contributed by atoms with van der Waals surface area (Å²) in [7, 11) is 0. The van der Waals surface area contributed by atoms with E-state index in [1.54, 1.807) is 42.5 Å². The highest BCUT2D eigenvalue weighted by molar-refractivity contribution is 6.03. The van der Waals surface area contributed by atoms with Crippen LogP contribution in [0.1, 0.15) is 36.1 Å². The van der Waals surface area contributed by atoms with Gasteiger partial charge in [0.05, 0.1) is 18.1 Å². The average Bonchev–Trinajstić information content (AvgIpc) is 3.36. The van der Waals surface area contributed by atoms with E-state index in [1.807, 2.05) is 0 Å². The molecule has 4 aromatic carbocycles. The van der Waals surface area contributed by atoms with Crippen LogP contribution in [-0.2, 0) is 38.1 Å². The molecule has 0 spiro atoms. The van der Waals surface area contributed by atoms with Gasteiger partial charge in [-0.05, 0) is 72.0 Å². The van der Waals surface area contributed by atoms with Crippen molar-refractivity contribution in [2.24, 2.45) is 5.92 Å². The summed E-state index contributed by atoms with van der Waals surface area (Å²) in [6, 6.07) is 22.7. The number of carbonyl (C=O) groups excluding carboxylic acids is 1. The molecule has 72 heavy (non-hydrogen) atoms. The third-order valence-electron chi connectivity index (χ3n) is 13.0. The Kier molecular flexibility index (Phi) is 15.5. The molecular formula is C48H50FNO22. The predicted octanol–water partition coefficient (Wildman–Crippen LogP) is -0.831. The molecule has 0 aliphatic carbocycles. The van der Waals surface area contributed by atoms with E-state index in [4.69, 9.17) is 28.4 Å². The lowest BCUT2D eigenvalue weighted by Gasteiger charge is -2.48. The molecule has 0 aromatic heterocycles. The largest absolute Gasteiger partial charge is 0.479 e. The number of aliphatic carboxylic acids is 3. The number of benzene rings is 4. The van der Waals surface area contributed by atoms with Crippen LogP contribution in [0.4, 0.5) is 10.1 Å². The molecule has 4 aliphatic heterocycles. The molecule has 4 fully saturated rings. The first-order valence-corrected chi connectivity index (χ1v) is 22.4. The van der Waals surface area contributed by atoms with Gasteiger partial charge < -0.3 is 94.6 Å². The van der Waals surface area contributed by atoms with E-state index >= 15 is 0 Å². The molecule has 23 nitrogen and oxygen atoms in total. The third-order valence-corrected chi connectivity index (χ3v) is 13.0. The summed E-state index contributed by atoms with van der Waals surface area (Å²) >= 11 is 0. The van der Waals surface area contributed by atoms with Gasteiger partial charge in [-0.2, -0.15) is 0 Å². The zero-order chi connectivity index (χ0) is 51.9. The van der Waals surface area contributed by atoms with Crippen molar-refractivity contribution in [2.75, 3.05) is 4.90 Å². The summed E-state index contributed by atoms with van der Waals surface area (Å²) < 4.78 is 48.4. The Hall–Kier alpha value is -6.23. The van der Waals surface area contributed by atoms with Crippen molar-refractivity contribution in [2.45, 2.75) is 117 Å². The summed E-state index contributed by atoms with van der Waals surface area (Å²) in [5.41, 5.74) is 1.53. The molecule has 1 amide bonds. The van der Waals surface area contributed by atoms with Gasteiger partial charge in [-0.3, -0.25) is 4.79 Å². The van der Waals surface area contributed by atoms with E-state index < -0.39 is 140 Å². The minimum absolute atomic E-state index is 0.0311. The Bertz CT molecular complexity index is 2590. The maximum Gasteiger partial charge on any atom is 0.335 e. The minimum atomic E-state index is -2.09. The van der Waals surface area contributed by atoms with E-state index in [2.05, 4.69) is 0 Å². The van der Waals surface area contributed by atoms with Crippen LogP contribution in [0.5, 0.6) is 11.5 Å². The SMILES string of the molecule is O=C(O)[C@H]1O[C@@H](Oc2cccc(-c3ccc([C@@H]4[C@@H](CC[C@H](O[C@@H]5O[C@H](C(=O)O)[C@@H](O)[C@H](O)[C@H]5O)c5ccc(F)cc5)C(=O)N4c4ccccc4)c(O[C@@H]4O[C@H](C(=O)O)[C@@H](O)[C@H](O)[C@H]4O)c3)c2)[C@H](O)[C@@H](O)[C@@H]1O.